The van der Waals surface area contributed by atoms with Crippen LogP contribution >= 0.6 is 35.8 Å². The van der Waals surface area contributed by atoms with Crippen molar-refractivity contribution < 1.29 is 9.59 Å². The van der Waals surface area contributed by atoms with Crippen molar-refractivity contribution in [2.45, 2.75) is 6.92 Å². The predicted octanol–water partition coefficient (Wildman–Crippen LogP) is 5.41. The molecule has 0 heterocycles. The lowest BCUT2D eigenvalue weighted by Gasteiger charge is -2.11. The fourth-order valence-electron chi connectivity index (χ4n) is 1.78. The summed E-state index contributed by atoms with van der Waals surface area (Å²) in [6.07, 6.45) is 0. The standard InChI is InChI=1S/C15H13Cl2N3O2S/c1-8-2-3-9(6-12(8)17)18-14(21)19-10-4-5-11(16)13(7-10)20-15(22)23/h2-7H,1H3,(H2,18,19,21)(H2,20,22,23). The number of thiol groups is 1. The molecule has 0 bridgehead atoms. The van der Waals surface area contributed by atoms with Crippen molar-refractivity contribution in [1.29, 1.82) is 0 Å². The molecule has 0 aliphatic heterocycles. The number of hydrogen-bond donors (Lipinski definition) is 4. The second-order valence-electron chi connectivity index (χ2n) is 4.67. The fourth-order valence-corrected chi connectivity index (χ4v) is 2.24. The molecule has 23 heavy (non-hydrogen) atoms. The predicted molar refractivity (Wildman–Crippen MR) is 98.3 cm³/mol. The maximum atomic E-state index is 12.0. The van der Waals surface area contributed by atoms with E-state index in [2.05, 4.69) is 28.6 Å². The number of carbonyl (C=O) groups excluding carboxylic acids is 2. The van der Waals surface area contributed by atoms with Gasteiger partial charge in [0.15, 0.2) is 0 Å². The van der Waals surface area contributed by atoms with Crippen molar-refractivity contribution >= 4 is 64.2 Å². The van der Waals surface area contributed by atoms with Crippen LogP contribution in [0, 0.1) is 6.92 Å². The Morgan fingerprint density at radius 2 is 1.52 bits per heavy atom. The fraction of sp³-hybridized carbons (Fsp3) is 0.0667. The highest BCUT2D eigenvalue weighted by molar-refractivity contribution is 7.96. The Morgan fingerprint density at radius 3 is 2.13 bits per heavy atom. The zero-order valence-corrected chi connectivity index (χ0v) is 14.4. The summed E-state index contributed by atoms with van der Waals surface area (Å²) in [5, 5.41) is 8.10. The Hall–Kier alpha value is -1.89. The normalized spacial score (nSPS) is 10.1. The molecule has 3 amide bonds. The summed E-state index contributed by atoms with van der Waals surface area (Å²) in [6, 6.07) is 9.45. The minimum absolute atomic E-state index is 0.337. The van der Waals surface area contributed by atoms with Crippen LogP contribution in [0.3, 0.4) is 0 Å². The van der Waals surface area contributed by atoms with E-state index < -0.39 is 11.3 Å². The van der Waals surface area contributed by atoms with Gasteiger partial charge < -0.3 is 16.0 Å². The Kier molecular flexibility index (Phi) is 5.76. The van der Waals surface area contributed by atoms with E-state index in [0.717, 1.165) is 5.56 Å². The smallest absolute Gasteiger partial charge is 0.316 e. The average Bonchev–Trinajstić information content (AvgIpc) is 2.46. The van der Waals surface area contributed by atoms with Crippen LogP contribution < -0.4 is 16.0 Å². The van der Waals surface area contributed by atoms with Gasteiger partial charge >= 0.3 is 6.03 Å². The van der Waals surface area contributed by atoms with E-state index in [9.17, 15) is 9.59 Å². The van der Waals surface area contributed by atoms with Gasteiger partial charge in [0.1, 0.15) is 0 Å². The number of halogens is 2. The molecule has 2 rings (SSSR count). The van der Waals surface area contributed by atoms with Crippen LogP contribution in [0.5, 0.6) is 0 Å². The van der Waals surface area contributed by atoms with Crippen molar-refractivity contribution in [3.63, 3.8) is 0 Å². The van der Waals surface area contributed by atoms with Gasteiger partial charge in [-0.2, -0.15) is 0 Å². The second-order valence-corrected chi connectivity index (χ2v) is 5.89. The van der Waals surface area contributed by atoms with Crippen LogP contribution in [-0.2, 0) is 0 Å². The Bertz CT molecular complexity index is 768. The Labute approximate surface area is 148 Å². The first kappa shape index (κ1) is 17.5. The van der Waals surface area contributed by atoms with Crippen molar-refractivity contribution in [3.05, 3.63) is 52.0 Å². The number of anilines is 3. The van der Waals surface area contributed by atoms with Crippen molar-refractivity contribution in [1.82, 2.24) is 0 Å². The third kappa shape index (κ3) is 5.06. The van der Waals surface area contributed by atoms with Gasteiger partial charge in [-0.15, -0.1) is 0 Å². The molecule has 0 aliphatic carbocycles. The molecule has 3 N–H and O–H groups in total. The number of carbonyl (C=O) groups is 2. The molecule has 120 valence electrons. The molecular weight excluding hydrogens is 357 g/mol. The first-order chi connectivity index (χ1) is 10.8. The van der Waals surface area contributed by atoms with Crippen LogP contribution in [-0.4, -0.2) is 11.3 Å². The van der Waals surface area contributed by atoms with Crippen molar-refractivity contribution in [2.24, 2.45) is 0 Å². The van der Waals surface area contributed by atoms with Crippen LogP contribution in [0.2, 0.25) is 10.0 Å². The highest BCUT2D eigenvalue weighted by Crippen LogP contribution is 2.26. The topological polar surface area (TPSA) is 70.2 Å². The lowest BCUT2D eigenvalue weighted by molar-refractivity contribution is 0.262. The highest BCUT2D eigenvalue weighted by atomic mass is 35.5. The minimum atomic E-state index is -0.553. The molecule has 0 radical (unpaired) electrons. The molecule has 5 nitrogen and oxygen atoms in total. The Morgan fingerprint density at radius 1 is 0.913 bits per heavy atom. The second kappa shape index (κ2) is 7.59. The largest absolute Gasteiger partial charge is 0.323 e. The molecule has 0 saturated heterocycles. The van der Waals surface area contributed by atoms with Gasteiger partial charge in [-0.1, -0.05) is 41.9 Å². The van der Waals surface area contributed by atoms with E-state index in [4.69, 9.17) is 23.2 Å². The van der Waals surface area contributed by atoms with Gasteiger partial charge in [0.2, 0.25) is 0 Å². The SMILES string of the molecule is Cc1ccc(NC(=O)Nc2ccc(Cl)c(NC(=O)S)c2)cc1Cl. The summed E-state index contributed by atoms with van der Waals surface area (Å²) in [7, 11) is 0. The van der Waals surface area contributed by atoms with Crippen molar-refractivity contribution in [3.8, 4) is 0 Å². The summed E-state index contributed by atoms with van der Waals surface area (Å²) in [5.74, 6) is 0. The summed E-state index contributed by atoms with van der Waals surface area (Å²) >= 11 is 15.6. The first-order valence-electron chi connectivity index (χ1n) is 6.49. The molecule has 0 fully saturated rings. The molecule has 0 saturated carbocycles. The van der Waals surface area contributed by atoms with Gasteiger partial charge in [-0.25, -0.2) is 4.79 Å². The highest BCUT2D eigenvalue weighted by Gasteiger charge is 2.08. The monoisotopic (exact) mass is 369 g/mol. The minimum Gasteiger partial charge on any atom is -0.316 e. The summed E-state index contributed by atoms with van der Waals surface area (Å²) in [5.41, 5.74) is 2.29. The molecule has 0 aliphatic rings. The summed E-state index contributed by atoms with van der Waals surface area (Å²) in [6.45, 7) is 1.87. The number of amides is 3. The van der Waals surface area contributed by atoms with Crippen LogP contribution in [0.1, 0.15) is 5.56 Å². The van der Waals surface area contributed by atoms with Gasteiger partial charge in [-0.3, -0.25) is 4.79 Å². The van der Waals surface area contributed by atoms with Crippen molar-refractivity contribution in [2.75, 3.05) is 16.0 Å². The summed E-state index contributed by atoms with van der Waals surface area (Å²) in [4.78, 5) is 23.0. The first-order valence-corrected chi connectivity index (χ1v) is 7.69. The maximum absolute atomic E-state index is 12.0. The molecule has 0 unspecified atom stereocenters. The molecule has 2 aromatic carbocycles. The zero-order chi connectivity index (χ0) is 17.0. The Balaban J connectivity index is 2.07. The van der Waals surface area contributed by atoms with E-state index in [1.807, 2.05) is 6.92 Å². The number of benzene rings is 2. The zero-order valence-electron chi connectivity index (χ0n) is 12.0. The van der Waals surface area contributed by atoms with Gasteiger partial charge in [0.05, 0.1) is 10.7 Å². The average molecular weight is 370 g/mol. The number of nitrogens with one attached hydrogen (secondary N) is 3. The number of hydrogen-bond acceptors (Lipinski definition) is 2. The van der Waals surface area contributed by atoms with E-state index in [1.165, 1.54) is 6.07 Å². The van der Waals surface area contributed by atoms with E-state index in [0.29, 0.717) is 27.1 Å². The van der Waals surface area contributed by atoms with Crippen LogP contribution in [0.4, 0.5) is 26.7 Å². The molecule has 0 spiro atoms. The lowest BCUT2D eigenvalue weighted by Crippen LogP contribution is -2.19. The van der Waals surface area contributed by atoms with Gasteiger partial charge in [0.25, 0.3) is 5.24 Å². The molecule has 2 aromatic rings. The summed E-state index contributed by atoms with van der Waals surface area (Å²) < 4.78 is 0. The molecule has 0 atom stereocenters. The van der Waals surface area contributed by atoms with Gasteiger partial charge in [0, 0.05) is 16.4 Å². The van der Waals surface area contributed by atoms with Gasteiger partial charge in [-0.05, 0) is 42.8 Å². The van der Waals surface area contributed by atoms with E-state index in [-0.39, 0.29) is 0 Å². The quantitative estimate of drug-likeness (QED) is 0.546. The lowest BCUT2D eigenvalue weighted by atomic mass is 10.2. The van der Waals surface area contributed by atoms with Crippen LogP contribution in [0.25, 0.3) is 0 Å². The third-order valence-electron chi connectivity index (χ3n) is 2.90. The number of urea groups is 1. The maximum Gasteiger partial charge on any atom is 0.323 e. The molecular formula is C15H13Cl2N3O2S. The van der Waals surface area contributed by atoms with E-state index in [1.54, 1.807) is 30.3 Å². The number of aryl methyl sites for hydroxylation is 1. The molecule has 0 aromatic heterocycles. The van der Waals surface area contributed by atoms with E-state index >= 15 is 0 Å². The van der Waals surface area contributed by atoms with Crippen LogP contribution in [0.15, 0.2) is 36.4 Å². The number of rotatable bonds is 3. The molecule has 8 heteroatoms. The third-order valence-corrected chi connectivity index (χ3v) is 3.74.